The summed E-state index contributed by atoms with van der Waals surface area (Å²) in [5.74, 6) is -0.577. The summed E-state index contributed by atoms with van der Waals surface area (Å²) in [6.07, 6.45) is -1.11. The maximum absolute atomic E-state index is 12.8. The van der Waals surface area contributed by atoms with Crippen molar-refractivity contribution in [3.8, 4) is 11.5 Å². The lowest BCUT2D eigenvalue weighted by atomic mass is 10.0. The fourth-order valence-corrected chi connectivity index (χ4v) is 3.05. The number of rotatable bonds is 5. The highest BCUT2D eigenvalue weighted by Gasteiger charge is 2.38. The third kappa shape index (κ3) is 6.24. The maximum Gasteiger partial charge on any atom is 0.490 e. The highest BCUT2D eigenvalue weighted by Crippen LogP contribution is 2.25. The van der Waals surface area contributed by atoms with E-state index >= 15 is 0 Å². The van der Waals surface area contributed by atoms with Crippen molar-refractivity contribution in [2.45, 2.75) is 25.7 Å². The lowest BCUT2D eigenvalue weighted by Crippen LogP contribution is -2.35. The number of alkyl halides is 3. The fourth-order valence-electron chi connectivity index (χ4n) is 3.05. The summed E-state index contributed by atoms with van der Waals surface area (Å²) in [5.41, 5.74) is 2.26. The number of hydrogen-bond donors (Lipinski definition) is 1. The highest BCUT2D eigenvalue weighted by molar-refractivity contribution is 5.94. The number of carboxylic acid groups (broad SMARTS) is 1. The number of aliphatic carboxylic acids is 1. The van der Waals surface area contributed by atoms with Crippen molar-refractivity contribution in [2.75, 3.05) is 13.7 Å². The van der Waals surface area contributed by atoms with Crippen LogP contribution < -0.4 is 9.47 Å². The van der Waals surface area contributed by atoms with E-state index in [0.29, 0.717) is 36.5 Å². The Kier molecular flexibility index (Phi) is 7.71. The molecule has 1 N–H and O–H groups in total. The first-order valence-corrected chi connectivity index (χ1v) is 9.91. The highest BCUT2D eigenvalue weighted by atomic mass is 19.4. The number of carbonyl (C=O) groups excluding carboxylic acids is 1. The van der Waals surface area contributed by atoms with Crippen LogP contribution in [0, 0.1) is 0 Å². The van der Waals surface area contributed by atoms with Crippen molar-refractivity contribution >= 4 is 11.9 Å². The minimum Gasteiger partial charge on any atom is -0.497 e. The quantitative estimate of drug-likeness (QED) is 0.592. The Labute approximate surface area is 191 Å². The Balaban J connectivity index is 0.000000406. The van der Waals surface area contributed by atoms with Crippen LogP contribution in [0.2, 0.25) is 0 Å². The van der Waals surface area contributed by atoms with Crippen molar-refractivity contribution in [3.05, 3.63) is 71.4 Å². The number of benzene rings is 1. The van der Waals surface area contributed by atoms with Gasteiger partial charge in [0.15, 0.2) is 0 Å². The molecule has 0 saturated carbocycles. The molecule has 12 heteroatoms. The van der Waals surface area contributed by atoms with Crippen molar-refractivity contribution in [2.24, 2.45) is 0 Å². The van der Waals surface area contributed by atoms with Crippen molar-refractivity contribution in [3.63, 3.8) is 0 Å². The van der Waals surface area contributed by atoms with Gasteiger partial charge in [-0.25, -0.2) is 4.79 Å². The molecule has 34 heavy (non-hydrogen) atoms. The molecule has 3 heterocycles. The third-order valence-corrected chi connectivity index (χ3v) is 4.79. The largest absolute Gasteiger partial charge is 0.497 e. The van der Waals surface area contributed by atoms with Crippen LogP contribution in [-0.2, 0) is 24.4 Å². The molecule has 4 rings (SSSR count). The molecule has 0 unspecified atom stereocenters. The zero-order valence-electron chi connectivity index (χ0n) is 17.9. The molecule has 3 aromatic rings. The topological polar surface area (TPSA) is 115 Å². The molecule has 9 nitrogen and oxygen atoms in total. The van der Waals surface area contributed by atoms with Gasteiger partial charge in [-0.15, -0.1) is 0 Å². The minimum atomic E-state index is -5.08. The lowest BCUT2D eigenvalue weighted by Gasteiger charge is -2.26. The Morgan fingerprint density at radius 1 is 1.18 bits per heavy atom. The van der Waals surface area contributed by atoms with Gasteiger partial charge in [-0.3, -0.25) is 9.78 Å². The molecule has 1 aromatic carbocycles. The second kappa shape index (κ2) is 10.7. The zero-order chi connectivity index (χ0) is 24.7. The Morgan fingerprint density at radius 2 is 1.88 bits per heavy atom. The number of nitrogens with zero attached hydrogens (tertiary/aromatic N) is 3. The minimum absolute atomic E-state index is 0.0244. The monoisotopic (exact) mass is 479 g/mol. The van der Waals surface area contributed by atoms with Gasteiger partial charge in [0.2, 0.25) is 0 Å². The van der Waals surface area contributed by atoms with Crippen LogP contribution >= 0.6 is 0 Å². The van der Waals surface area contributed by atoms with E-state index in [4.69, 9.17) is 23.9 Å². The summed E-state index contributed by atoms with van der Waals surface area (Å²) in [6.45, 7) is 1.32. The molecule has 0 bridgehead atoms. The van der Waals surface area contributed by atoms with Gasteiger partial charge in [0.05, 0.1) is 19.9 Å². The van der Waals surface area contributed by atoms with E-state index in [1.54, 1.807) is 48.7 Å². The molecule has 2 aromatic heterocycles. The van der Waals surface area contributed by atoms with E-state index in [1.165, 1.54) is 0 Å². The van der Waals surface area contributed by atoms with E-state index < -0.39 is 12.1 Å². The first-order chi connectivity index (χ1) is 16.2. The molecule has 180 valence electrons. The number of fused-ring (bicyclic) bond motifs is 1. The summed E-state index contributed by atoms with van der Waals surface area (Å²) in [4.78, 5) is 27.5. The first-order valence-electron chi connectivity index (χ1n) is 9.91. The molecule has 1 aliphatic rings. The molecule has 1 amide bonds. The average Bonchev–Trinajstić information content (AvgIpc) is 3.25. The maximum atomic E-state index is 12.8. The number of hydrogen-bond acceptors (Lipinski definition) is 7. The molecule has 0 spiro atoms. The van der Waals surface area contributed by atoms with E-state index in [2.05, 4.69) is 10.1 Å². The lowest BCUT2D eigenvalue weighted by molar-refractivity contribution is -0.192. The molecule has 1 aliphatic heterocycles. The molecule has 0 atom stereocenters. The predicted octanol–water partition coefficient (Wildman–Crippen LogP) is 3.49. The standard InChI is InChI=1S/C20H19N3O4.C2HF3O2/c1-25-15-6-4-14(5-7-15)20(24)23-10-8-19-17(12-23)18(22-27-19)13-26-16-3-2-9-21-11-16;3-2(4,5)1(6)7/h2-7,9,11H,8,10,12-13H2,1H3;(H,6,7). The van der Waals surface area contributed by atoms with E-state index in [-0.39, 0.29) is 12.5 Å². The van der Waals surface area contributed by atoms with E-state index in [1.807, 2.05) is 12.1 Å². The van der Waals surface area contributed by atoms with Crippen molar-refractivity contribution in [1.82, 2.24) is 15.0 Å². The summed E-state index contributed by atoms with van der Waals surface area (Å²) in [7, 11) is 1.60. The number of carbonyl (C=O) groups is 2. The van der Waals surface area contributed by atoms with Gasteiger partial charge in [-0.1, -0.05) is 5.16 Å². The number of amides is 1. The van der Waals surface area contributed by atoms with Gasteiger partial charge >= 0.3 is 12.1 Å². The van der Waals surface area contributed by atoms with Gasteiger partial charge in [-0.05, 0) is 36.4 Å². The molecular weight excluding hydrogens is 459 g/mol. The van der Waals surface area contributed by atoms with Crippen LogP contribution in [0.25, 0.3) is 0 Å². The number of halogens is 3. The van der Waals surface area contributed by atoms with Crippen LogP contribution in [0.4, 0.5) is 13.2 Å². The molecule has 0 aliphatic carbocycles. The Morgan fingerprint density at radius 3 is 2.47 bits per heavy atom. The predicted molar refractivity (Wildman–Crippen MR) is 110 cm³/mol. The van der Waals surface area contributed by atoms with E-state index in [0.717, 1.165) is 17.1 Å². The second-order valence-corrected chi connectivity index (χ2v) is 7.02. The summed E-state index contributed by atoms with van der Waals surface area (Å²) in [5, 5.41) is 11.3. The summed E-state index contributed by atoms with van der Waals surface area (Å²) < 4.78 is 48.0. The van der Waals surface area contributed by atoms with Gasteiger partial charge in [0, 0.05) is 30.3 Å². The normalized spacial score (nSPS) is 12.8. The second-order valence-electron chi connectivity index (χ2n) is 7.02. The molecular formula is C22H20F3N3O6. The van der Waals surface area contributed by atoms with Gasteiger partial charge in [0.25, 0.3) is 5.91 Å². The first kappa shape index (κ1) is 24.6. The summed E-state index contributed by atoms with van der Waals surface area (Å²) in [6, 6.07) is 10.8. The Bertz CT molecular complexity index is 1120. The van der Waals surface area contributed by atoms with Gasteiger partial charge in [0.1, 0.15) is 29.6 Å². The van der Waals surface area contributed by atoms with Crippen LogP contribution in [0.3, 0.4) is 0 Å². The number of aromatic nitrogens is 2. The van der Waals surface area contributed by atoms with Gasteiger partial charge < -0.3 is 24.0 Å². The average molecular weight is 479 g/mol. The zero-order valence-corrected chi connectivity index (χ0v) is 17.9. The van der Waals surface area contributed by atoms with Crippen LogP contribution in [0.5, 0.6) is 11.5 Å². The molecule has 0 saturated heterocycles. The number of ether oxygens (including phenoxy) is 2. The summed E-state index contributed by atoms with van der Waals surface area (Å²) >= 11 is 0. The van der Waals surface area contributed by atoms with Crippen LogP contribution in [0.1, 0.15) is 27.4 Å². The number of pyridine rings is 1. The van der Waals surface area contributed by atoms with Crippen molar-refractivity contribution in [1.29, 1.82) is 0 Å². The van der Waals surface area contributed by atoms with Crippen LogP contribution in [-0.4, -0.2) is 51.9 Å². The number of methoxy groups -OCH3 is 1. The van der Waals surface area contributed by atoms with E-state index in [9.17, 15) is 18.0 Å². The SMILES string of the molecule is COc1ccc(C(=O)N2CCc3onc(COc4cccnc4)c3C2)cc1.O=C(O)C(F)(F)F. The Hall–Kier alpha value is -4.09. The van der Waals surface area contributed by atoms with Crippen LogP contribution in [0.15, 0.2) is 53.3 Å². The van der Waals surface area contributed by atoms with Gasteiger partial charge in [-0.2, -0.15) is 13.2 Å². The number of carboxylic acids is 1. The smallest absolute Gasteiger partial charge is 0.490 e. The molecule has 0 radical (unpaired) electrons. The van der Waals surface area contributed by atoms with Crippen molar-refractivity contribution < 1.29 is 41.9 Å². The molecule has 0 fully saturated rings. The fraction of sp³-hybridized carbons (Fsp3) is 0.273. The third-order valence-electron chi connectivity index (χ3n) is 4.79.